The largest absolute Gasteiger partial charge is 0.280 e. The van der Waals surface area contributed by atoms with E-state index in [0.29, 0.717) is 5.56 Å². The van der Waals surface area contributed by atoms with Crippen LogP contribution >= 0.6 is 0 Å². The van der Waals surface area contributed by atoms with Crippen molar-refractivity contribution in [2.24, 2.45) is 0 Å². The quantitative estimate of drug-likeness (QED) is 0.604. The summed E-state index contributed by atoms with van der Waals surface area (Å²) in [6.07, 6.45) is 3.56. The summed E-state index contributed by atoms with van der Waals surface area (Å²) in [5, 5.41) is 22.2. The van der Waals surface area contributed by atoms with Crippen LogP contribution in [0.4, 0.5) is 11.4 Å². The minimum absolute atomic E-state index is 0.000877. The minimum atomic E-state index is -0.480. The average Bonchev–Trinajstić information content (AvgIpc) is 3.16. The van der Waals surface area contributed by atoms with E-state index in [-0.39, 0.29) is 23.2 Å². The highest BCUT2D eigenvalue weighted by molar-refractivity contribution is 5.60. The molecule has 0 amide bonds. The van der Waals surface area contributed by atoms with Gasteiger partial charge < -0.3 is 0 Å². The molecule has 2 aliphatic carbocycles. The second kappa shape index (κ2) is 3.76. The van der Waals surface area contributed by atoms with Crippen LogP contribution in [-0.2, 0) is 0 Å². The maximum absolute atomic E-state index is 11.1. The second-order valence-corrected chi connectivity index (χ2v) is 5.04. The number of nitrogens with zero attached hydrogens (tertiary/aromatic N) is 2. The molecule has 0 heterocycles. The molecule has 6 heteroatoms. The average molecular weight is 248 g/mol. The van der Waals surface area contributed by atoms with Crippen LogP contribution in [0, 0.1) is 20.2 Å². The fourth-order valence-corrected chi connectivity index (χ4v) is 2.39. The fraction of sp³-hybridized carbons (Fsp3) is 0.500. The first-order valence-corrected chi connectivity index (χ1v) is 6.04. The zero-order valence-electron chi connectivity index (χ0n) is 9.67. The maximum atomic E-state index is 11.1. The van der Waals surface area contributed by atoms with Crippen molar-refractivity contribution in [2.75, 3.05) is 0 Å². The molecule has 0 aliphatic heterocycles. The number of rotatable bonds is 4. The minimum Gasteiger partial charge on any atom is -0.258 e. The molecule has 0 spiro atoms. The maximum Gasteiger partial charge on any atom is 0.280 e. The molecule has 0 atom stereocenters. The van der Waals surface area contributed by atoms with Crippen molar-refractivity contribution in [3.63, 3.8) is 0 Å². The Labute approximate surface area is 103 Å². The van der Waals surface area contributed by atoms with E-state index in [2.05, 4.69) is 0 Å². The first-order chi connectivity index (χ1) is 8.58. The van der Waals surface area contributed by atoms with Gasteiger partial charge in [-0.25, -0.2) is 0 Å². The standard InChI is InChI=1S/C12H12N2O4/c15-13(16)10-5-9(7-1-2-7)6-11(14(17)18)12(10)8-3-4-8/h5-8H,1-4H2. The molecule has 0 unspecified atom stereocenters. The molecule has 6 nitrogen and oxygen atoms in total. The van der Waals surface area contributed by atoms with Gasteiger partial charge in [-0.1, -0.05) is 0 Å². The molecule has 3 rings (SSSR count). The van der Waals surface area contributed by atoms with Crippen LogP contribution in [0.3, 0.4) is 0 Å². The lowest BCUT2D eigenvalue weighted by molar-refractivity contribution is -0.395. The van der Waals surface area contributed by atoms with E-state index in [1.165, 1.54) is 6.07 Å². The van der Waals surface area contributed by atoms with Gasteiger partial charge in [0.15, 0.2) is 0 Å². The van der Waals surface area contributed by atoms with E-state index in [4.69, 9.17) is 0 Å². The zero-order valence-corrected chi connectivity index (χ0v) is 9.67. The number of nitro groups is 2. The van der Waals surface area contributed by atoms with Gasteiger partial charge in [0.25, 0.3) is 11.4 Å². The number of nitro benzene ring substituents is 2. The number of benzene rings is 1. The second-order valence-electron chi connectivity index (χ2n) is 5.04. The topological polar surface area (TPSA) is 86.3 Å². The third-order valence-corrected chi connectivity index (χ3v) is 3.59. The van der Waals surface area contributed by atoms with Crippen molar-refractivity contribution < 1.29 is 9.85 Å². The summed E-state index contributed by atoms with van der Waals surface area (Å²) in [5.41, 5.74) is 0.953. The van der Waals surface area contributed by atoms with Crippen LogP contribution in [0.25, 0.3) is 0 Å². The summed E-state index contributed by atoms with van der Waals surface area (Å²) < 4.78 is 0. The first kappa shape index (κ1) is 11.1. The van der Waals surface area contributed by atoms with E-state index >= 15 is 0 Å². The normalized spacial score (nSPS) is 18.7. The van der Waals surface area contributed by atoms with Crippen molar-refractivity contribution >= 4 is 11.4 Å². The molecule has 2 saturated carbocycles. The highest BCUT2D eigenvalue weighted by Gasteiger charge is 2.39. The summed E-state index contributed by atoms with van der Waals surface area (Å²) >= 11 is 0. The molecule has 0 aromatic heterocycles. The van der Waals surface area contributed by atoms with Crippen LogP contribution in [0.1, 0.15) is 48.6 Å². The molecule has 2 fully saturated rings. The molecule has 0 N–H and O–H groups in total. The van der Waals surface area contributed by atoms with Crippen LogP contribution in [0.2, 0.25) is 0 Å². The van der Waals surface area contributed by atoms with Gasteiger partial charge in [-0.15, -0.1) is 0 Å². The fourth-order valence-electron chi connectivity index (χ4n) is 2.39. The summed E-state index contributed by atoms with van der Waals surface area (Å²) in [4.78, 5) is 21.3. The van der Waals surface area contributed by atoms with Gasteiger partial charge in [-0.05, 0) is 43.1 Å². The smallest absolute Gasteiger partial charge is 0.258 e. The highest BCUT2D eigenvalue weighted by Crippen LogP contribution is 2.51. The molecule has 2 aliphatic rings. The summed E-state index contributed by atoms with van der Waals surface area (Å²) in [6.45, 7) is 0. The van der Waals surface area contributed by atoms with Crippen LogP contribution in [-0.4, -0.2) is 9.85 Å². The van der Waals surface area contributed by atoms with E-state index in [1.54, 1.807) is 6.07 Å². The highest BCUT2D eigenvalue weighted by atomic mass is 16.6. The van der Waals surface area contributed by atoms with Gasteiger partial charge >= 0.3 is 0 Å². The Balaban J connectivity index is 2.19. The Bertz CT molecular complexity index is 512. The SMILES string of the molecule is O=[N+]([O-])c1cc(C2CC2)cc([N+](=O)[O-])c1C1CC1. The predicted molar refractivity (Wildman–Crippen MR) is 63.7 cm³/mol. The Morgan fingerprint density at radius 3 is 1.67 bits per heavy atom. The van der Waals surface area contributed by atoms with Crippen LogP contribution in [0.15, 0.2) is 12.1 Å². The predicted octanol–water partition coefficient (Wildman–Crippen LogP) is 3.26. The van der Waals surface area contributed by atoms with Crippen molar-refractivity contribution in [2.45, 2.75) is 37.5 Å². The molecule has 18 heavy (non-hydrogen) atoms. The van der Waals surface area contributed by atoms with Gasteiger partial charge in [0.05, 0.1) is 9.85 Å². The Hall–Kier alpha value is -1.98. The Kier molecular flexibility index (Phi) is 2.33. The van der Waals surface area contributed by atoms with E-state index in [1.807, 2.05) is 0 Å². The van der Waals surface area contributed by atoms with Gasteiger partial charge in [-0.3, -0.25) is 20.2 Å². The van der Waals surface area contributed by atoms with Crippen molar-refractivity contribution in [1.29, 1.82) is 0 Å². The van der Waals surface area contributed by atoms with Crippen molar-refractivity contribution in [1.82, 2.24) is 0 Å². The molecule has 1 aromatic rings. The third-order valence-electron chi connectivity index (χ3n) is 3.59. The summed E-state index contributed by atoms with van der Waals surface area (Å²) in [6, 6.07) is 3.08. The molecule has 0 bridgehead atoms. The van der Waals surface area contributed by atoms with Crippen molar-refractivity contribution in [3.8, 4) is 0 Å². The van der Waals surface area contributed by atoms with E-state index in [9.17, 15) is 20.2 Å². The molecule has 0 saturated heterocycles. The van der Waals surface area contributed by atoms with E-state index in [0.717, 1.165) is 31.2 Å². The van der Waals surface area contributed by atoms with Gasteiger partial charge in [0.2, 0.25) is 0 Å². The van der Waals surface area contributed by atoms with Gasteiger partial charge in [0.1, 0.15) is 5.56 Å². The number of hydrogen-bond acceptors (Lipinski definition) is 4. The van der Waals surface area contributed by atoms with Gasteiger partial charge in [-0.2, -0.15) is 0 Å². The lowest BCUT2D eigenvalue weighted by Gasteiger charge is -2.05. The molecular weight excluding hydrogens is 236 g/mol. The van der Waals surface area contributed by atoms with Crippen LogP contribution in [0.5, 0.6) is 0 Å². The monoisotopic (exact) mass is 248 g/mol. The molecule has 94 valence electrons. The zero-order chi connectivity index (χ0) is 12.9. The molecule has 0 radical (unpaired) electrons. The number of hydrogen-bond donors (Lipinski definition) is 0. The van der Waals surface area contributed by atoms with Crippen LogP contribution < -0.4 is 0 Å². The van der Waals surface area contributed by atoms with E-state index < -0.39 is 9.85 Å². The lowest BCUT2D eigenvalue weighted by atomic mass is 10.0. The summed E-state index contributed by atoms with van der Waals surface area (Å²) in [7, 11) is 0. The van der Waals surface area contributed by atoms with Crippen molar-refractivity contribution in [3.05, 3.63) is 43.5 Å². The lowest BCUT2D eigenvalue weighted by Crippen LogP contribution is -2.01. The molecular formula is C12H12N2O4. The third kappa shape index (κ3) is 1.83. The van der Waals surface area contributed by atoms with Gasteiger partial charge in [0, 0.05) is 12.1 Å². The Morgan fingerprint density at radius 2 is 1.33 bits per heavy atom. The summed E-state index contributed by atoms with van der Waals surface area (Å²) in [5.74, 6) is 0.273. The first-order valence-electron chi connectivity index (χ1n) is 6.04. The molecule has 1 aromatic carbocycles. The Morgan fingerprint density at radius 1 is 0.889 bits per heavy atom.